The third kappa shape index (κ3) is 9.12. The Hall–Kier alpha value is -0.960. The van der Waals surface area contributed by atoms with E-state index in [1.165, 1.54) is 6.92 Å². The summed E-state index contributed by atoms with van der Waals surface area (Å²) < 4.78 is 36.5. The summed E-state index contributed by atoms with van der Waals surface area (Å²) in [5.41, 5.74) is 0. The van der Waals surface area contributed by atoms with Crippen LogP contribution in [0.5, 0.6) is 0 Å². The molecule has 2 fully saturated rings. The number of ketones is 1. The number of hydrogen-bond acceptors (Lipinski definition) is 10. The number of esters is 1. The van der Waals surface area contributed by atoms with Gasteiger partial charge in [0.25, 0.3) is 6.64 Å². The second kappa shape index (κ2) is 13.7. The van der Waals surface area contributed by atoms with Gasteiger partial charge < -0.3 is 33.4 Å². The van der Waals surface area contributed by atoms with E-state index in [2.05, 4.69) is 10.4 Å². The monoisotopic (exact) mass is 493 g/mol. The van der Waals surface area contributed by atoms with Gasteiger partial charge in [0.1, 0.15) is 18.5 Å². The van der Waals surface area contributed by atoms with Crippen LogP contribution in [0.2, 0.25) is 0 Å². The van der Waals surface area contributed by atoms with Crippen LogP contribution in [0.25, 0.3) is 0 Å². The Balaban J connectivity index is 1.98. The highest BCUT2D eigenvalue weighted by Gasteiger charge is 2.37. The standard InChI is InChI=1S/C20H34N3O7PS/c1-14(24)5-6-20(25)27-12-18-16(7-10-26-18)23-31(32,28-9-4-8-21)29-13-19-17(22-3)11-15(2)30-19/h15-19,22H,4-7,9-13H2,1-3H3,(H,23,32)/t15-,16-,17-,18+,19+,31?/m0/s1/i10T/t10-,15-,16-,17-,18+,19+,31?. The Bertz CT molecular complexity index is 756. The summed E-state index contributed by atoms with van der Waals surface area (Å²) in [6.45, 7) is -0.264. The van der Waals surface area contributed by atoms with Gasteiger partial charge in [-0.25, -0.2) is 5.09 Å². The maximum Gasteiger partial charge on any atom is 0.306 e. The molecule has 32 heavy (non-hydrogen) atoms. The molecule has 2 heterocycles. The number of rotatable bonds is 14. The van der Waals surface area contributed by atoms with Crippen LogP contribution in [0.3, 0.4) is 0 Å². The third-order valence-electron chi connectivity index (χ3n) is 5.18. The SMILES string of the molecule is [3H][C@H]1C[C@H](NP(=S)(OCCC#N)OC[C@H]2O[C@@H](C)C[C@@H]2NC)[C@@H](COC(=O)CCC(C)=O)O1. The number of nitrogens with zero attached hydrogens (tertiary/aromatic N) is 1. The van der Waals surface area contributed by atoms with Crippen LogP contribution in [0.15, 0.2) is 0 Å². The van der Waals surface area contributed by atoms with E-state index in [-0.39, 0.29) is 63.1 Å². The van der Waals surface area contributed by atoms with Crippen molar-refractivity contribution < 1.29 is 34.2 Å². The van der Waals surface area contributed by atoms with Crippen molar-refractivity contribution in [3.05, 3.63) is 0 Å². The molecule has 2 N–H and O–H groups in total. The summed E-state index contributed by atoms with van der Waals surface area (Å²) in [5, 5.41) is 15.3. The van der Waals surface area contributed by atoms with Crippen LogP contribution >= 0.6 is 6.64 Å². The molecular formula is C20H34N3O7PS. The zero-order chi connectivity index (χ0) is 24.4. The highest BCUT2D eigenvalue weighted by molar-refractivity contribution is 8.09. The van der Waals surface area contributed by atoms with Gasteiger partial charge in [-0.05, 0) is 45.5 Å². The average molecular weight is 494 g/mol. The van der Waals surface area contributed by atoms with Crippen molar-refractivity contribution in [2.75, 3.05) is 33.5 Å². The second-order valence-electron chi connectivity index (χ2n) is 7.85. The minimum atomic E-state index is -3.07. The Kier molecular flexibility index (Phi) is 11.0. The maximum absolute atomic E-state index is 11.9. The van der Waals surface area contributed by atoms with E-state index in [4.69, 9.17) is 41.7 Å². The molecule has 0 radical (unpaired) electrons. The topological polar surface area (TPSA) is 128 Å². The number of Topliss-reactive ketones (excluding diaryl/α,β-unsaturated/α-hetero) is 1. The van der Waals surface area contributed by atoms with Gasteiger partial charge in [-0.3, -0.25) is 4.79 Å². The molecule has 10 nitrogen and oxygen atoms in total. The van der Waals surface area contributed by atoms with Crippen molar-refractivity contribution in [2.45, 2.75) is 76.3 Å². The molecule has 0 saturated carbocycles. The molecular weight excluding hydrogens is 457 g/mol. The molecule has 182 valence electrons. The average Bonchev–Trinajstić information content (AvgIpc) is 3.30. The molecule has 0 aromatic heterocycles. The van der Waals surface area contributed by atoms with Crippen molar-refractivity contribution in [1.29, 1.82) is 5.26 Å². The fourth-order valence-electron chi connectivity index (χ4n) is 3.46. The first-order valence-corrected chi connectivity index (χ1v) is 13.4. The van der Waals surface area contributed by atoms with Crippen LogP contribution in [-0.2, 0) is 44.7 Å². The summed E-state index contributed by atoms with van der Waals surface area (Å²) >= 11 is 5.70. The molecule has 2 saturated heterocycles. The normalized spacial score (nSPS) is 32.1. The second-order valence-corrected chi connectivity index (χ2v) is 11.1. The minimum Gasteiger partial charge on any atom is -0.463 e. The largest absolute Gasteiger partial charge is 0.463 e. The lowest BCUT2D eigenvalue weighted by Crippen LogP contribution is -2.40. The minimum absolute atomic E-state index is 0.00471. The molecule has 0 aromatic carbocycles. The van der Waals surface area contributed by atoms with Crippen molar-refractivity contribution in [2.24, 2.45) is 0 Å². The van der Waals surface area contributed by atoms with Crippen molar-refractivity contribution >= 4 is 30.2 Å². The van der Waals surface area contributed by atoms with Crippen molar-refractivity contribution in [3.63, 3.8) is 0 Å². The summed E-state index contributed by atoms with van der Waals surface area (Å²) in [7, 11) is 1.86. The Morgan fingerprint density at radius 2 is 2.06 bits per heavy atom. The van der Waals surface area contributed by atoms with E-state index in [0.717, 1.165) is 6.42 Å². The van der Waals surface area contributed by atoms with E-state index in [1.54, 1.807) is 0 Å². The van der Waals surface area contributed by atoms with Gasteiger partial charge >= 0.3 is 5.97 Å². The van der Waals surface area contributed by atoms with E-state index in [9.17, 15) is 9.59 Å². The van der Waals surface area contributed by atoms with E-state index >= 15 is 0 Å². The van der Waals surface area contributed by atoms with Gasteiger partial charge in [0, 0.05) is 25.1 Å². The molecule has 1 unspecified atom stereocenters. The van der Waals surface area contributed by atoms with Crippen LogP contribution in [0.1, 0.15) is 47.3 Å². The Labute approximate surface area is 196 Å². The van der Waals surface area contributed by atoms with Crippen molar-refractivity contribution in [1.82, 2.24) is 10.4 Å². The van der Waals surface area contributed by atoms with Gasteiger partial charge in [-0.15, -0.1) is 0 Å². The summed E-state index contributed by atoms with van der Waals surface area (Å²) in [4.78, 5) is 22.9. The zero-order valence-electron chi connectivity index (χ0n) is 19.8. The fraction of sp³-hybridized carbons (Fsp3) is 0.850. The summed E-state index contributed by atoms with van der Waals surface area (Å²) in [5.74, 6) is -0.601. The first-order chi connectivity index (χ1) is 15.7. The van der Waals surface area contributed by atoms with Crippen LogP contribution in [0, 0.1) is 11.3 Å². The quantitative estimate of drug-likeness (QED) is 0.208. The van der Waals surface area contributed by atoms with Gasteiger partial charge in [-0.1, -0.05) is 0 Å². The molecule has 2 aliphatic heterocycles. The lowest BCUT2D eigenvalue weighted by Gasteiger charge is -2.30. The lowest BCUT2D eigenvalue weighted by molar-refractivity contribution is -0.148. The predicted octanol–water partition coefficient (Wildman–Crippen LogP) is 1.58. The number of carbonyl (C=O) groups is 2. The van der Waals surface area contributed by atoms with Gasteiger partial charge in [0.05, 0.1) is 45.7 Å². The number of nitrogens with one attached hydrogen (secondary N) is 2. The number of nitriles is 1. The molecule has 0 spiro atoms. The zero-order valence-corrected chi connectivity index (χ0v) is 20.5. The summed E-state index contributed by atoms with van der Waals surface area (Å²) in [6, 6.07) is 1.70. The number of likely N-dealkylation sites (N-methyl/N-ethyl adjacent to an activating group) is 1. The highest BCUT2D eigenvalue weighted by Crippen LogP contribution is 2.46. The molecule has 2 rings (SSSR count). The first-order valence-electron chi connectivity index (χ1n) is 11.3. The predicted molar refractivity (Wildman–Crippen MR) is 120 cm³/mol. The van der Waals surface area contributed by atoms with Crippen LogP contribution in [-0.4, -0.2) is 75.6 Å². The van der Waals surface area contributed by atoms with Gasteiger partial charge in [0.2, 0.25) is 0 Å². The number of carbonyl (C=O) groups excluding carboxylic acids is 2. The lowest BCUT2D eigenvalue weighted by atomic mass is 10.1. The molecule has 0 aromatic rings. The number of hydrogen-bond donors (Lipinski definition) is 2. The van der Waals surface area contributed by atoms with Crippen LogP contribution < -0.4 is 10.4 Å². The highest BCUT2D eigenvalue weighted by atomic mass is 32.5. The van der Waals surface area contributed by atoms with Gasteiger partial charge in [-0.2, -0.15) is 5.26 Å². The third-order valence-corrected chi connectivity index (χ3v) is 7.79. The first kappa shape index (κ1) is 25.7. The van der Waals surface area contributed by atoms with E-state index in [0.29, 0.717) is 6.42 Å². The molecule has 0 amide bonds. The Morgan fingerprint density at radius 3 is 2.75 bits per heavy atom. The molecule has 0 aliphatic carbocycles. The molecule has 0 bridgehead atoms. The van der Waals surface area contributed by atoms with Crippen molar-refractivity contribution in [3.8, 4) is 6.07 Å². The van der Waals surface area contributed by atoms with Gasteiger partial charge in [0.15, 0.2) is 0 Å². The maximum atomic E-state index is 11.9. The van der Waals surface area contributed by atoms with E-state index < -0.39 is 31.3 Å². The smallest absolute Gasteiger partial charge is 0.306 e. The van der Waals surface area contributed by atoms with Crippen LogP contribution in [0.4, 0.5) is 0 Å². The number of ether oxygens (including phenoxy) is 3. The molecule has 2 aliphatic rings. The fourth-order valence-corrected chi connectivity index (χ4v) is 5.85. The Morgan fingerprint density at radius 1 is 1.28 bits per heavy atom. The molecule has 7 atom stereocenters. The van der Waals surface area contributed by atoms with E-state index in [1.807, 2.05) is 20.0 Å². The molecule has 12 heteroatoms. The summed E-state index contributed by atoms with van der Waals surface area (Å²) in [6.07, 6.45) is 0.690.